The molecule has 0 bridgehead atoms. The van der Waals surface area contributed by atoms with Gasteiger partial charge in [0.05, 0.1) is 16.5 Å². The fourth-order valence-corrected chi connectivity index (χ4v) is 4.68. The second-order valence-corrected chi connectivity index (χ2v) is 9.62. The SMILES string of the molecule is CCOc1cc(/C=C2\SC(=O)N(CC(=O)Nc3ccc(C)cc3)C2=O)cc(Cl)c1OCc1ccccc1. The fourth-order valence-electron chi connectivity index (χ4n) is 3.57. The van der Waals surface area contributed by atoms with E-state index in [2.05, 4.69) is 5.32 Å². The number of rotatable bonds is 9. The quantitative estimate of drug-likeness (QED) is 0.323. The highest BCUT2D eigenvalue weighted by molar-refractivity contribution is 8.18. The molecule has 3 aromatic carbocycles. The summed E-state index contributed by atoms with van der Waals surface area (Å²) in [5, 5.41) is 2.49. The molecule has 4 rings (SSSR count). The van der Waals surface area contributed by atoms with Gasteiger partial charge in [-0.2, -0.15) is 0 Å². The molecule has 3 aromatic rings. The van der Waals surface area contributed by atoms with Crippen LogP contribution in [0.15, 0.2) is 71.6 Å². The van der Waals surface area contributed by atoms with Crippen LogP contribution in [0.4, 0.5) is 10.5 Å². The number of benzene rings is 3. The molecule has 0 spiro atoms. The Hall–Kier alpha value is -3.75. The molecule has 9 heteroatoms. The van der Waals surface area contributed by atoms with Gasteiger partial charge in [-0.25, -0.2) is 0 Å². The van der Waals surface area contributed by atoms with Crippen molar-refractivity contribution in [2.24, 2.45) is 0 Å². The molecule has 1 aliphatic rings. The molecule has 0 aliphatic carbocycles. The molecule has 0 saturated carbocycles. The van der Waals surface area contributed by atoms with Crippen LogP contribution in [0.2, 0.25) is 5.02 Å². The second-order valence-electron chi connectivity index (χ2n) is 8.22. The number of aryl methyl sites for hydroxylation is 1. The average molecular weight is 537 g/mol. The van der Waals surface area contributed by atoms with E-state index in [9.17, 15) is 14.4 Å². The number of carbonyl (C=O) groups excluding carboxylic acids is 3. The molecule has 0 unspecified atom stereocenters. The highest BCUT2D eigenvalue weighted by atomic mass is 35.5. The summed E-state index contributed by atoms with van der Waals surface area (Å²) in [6.45, 7) is 4.09. The summed E-state index contributed by atoms with van der Waals surface area (Å²) in [4.78, 5) is 39.0. The maximum atomic E-state index is 12.9. The number of amides is 3. The molecule has 1 heterocycles. The largest absolute Gasteiger partial charge is 0.490 e. The second kappa shape index (κ2) is 12.0. The lowest BCUT2D eigenvalue weighted by Crippen LogP contribution is -2.36. The molecule has 190 valence electrons. The van der Waals surface area contributed by atoms with Crippen LogP contribution in [0.5, 0.6) is 11.5 Å². The lowest BCUT2D eigenvalue weighted by Gasteiger charge is -2.15. The lowest BCUT2D eigenvalue weighted by atomic mass is 10.1. The van der Waals surface area contributed by atoms with E-state index in [4.69, 9.17) is 21.1 Å². The van der Waals surface area contributed by atoms with E-state index in [1.807, 2.05) is 56.3 Å². The number of ether oxygens (including phenoxy) is 2. The van der Waals surface area contributed by atoms with Crippen molar-refractivity contribution in [2.45, 2.75) is 20.5 Å². The number of hydrogen-bond donors (Lipinski definition) is 1. The van der Waals surface area contributed by atoms with Crippen molar-refractivity contribution < 1.29 is 23.9 Å². The molecule has 0 radical (unpaired) electrons. The average Bonchev–Trinajstić information content (AvgIpc) is 3.13. The minimum atomic E-state index is -0.549. The van der Waals surface area contributed by atoms with Crippen LogP contribution in [-0.2, 0) is 16.2 Å². The fraction of sp³-hybridized carbons (Fsp3) is 0.179. The normalized spacial score (nSPS) is 14.2. The zero-order valence-corrected chi connectivity index (χ0v) is 21.9. The van der Waals surface area contributed by atoms with Gasteiger partial charge in [0.15, 0.2) is 11.5 Å². The van der Waals surface area contributed by atoms with Gasteiger partial charge in [-0.3, -0.25) is 19.3 Å². The van der Waals surface area contributed by atoms with Crippen molar-refractivity contribution in [3.05, 3.63) is 93.3 Å². The number of halogens is 1. The van der Waals surface area contributed by atoms with E-state index < -0.39 is 17.1 Å². The predicted octanol–water partition coefficient (Wildman–Crippen LogP) is 6.30. The summed E-state index contributed by atoms with van der Waals surface area (Å²) >= 11 is 7.28. The number of hydrogen-bond acceptors (Lipinski definition) is 6. The van der Waals surface area contributed by atoms with Gasteiger partial charge in [-0.15, -0.1) is 0 Å². The number of nitrogens with zero attached hydrogens (tertiary/aromatic N) is 1. The third-order valence-electron chi connectivity index (χ3n) is 5.37. The first kappa shape index (κ1) is 26.3. The molecule has 37 heavy (non-hydrogen) atoms. The smallest absolute Gasteiger partial charge is 0.294 e. The molecule has 1 fully saturated rings. The highest BCUT2D eigenvalue weighted by Gasteiger charge is 2.36. The van der Waals surface area contributed by atoms with Gasteiger partial charge in [0.2, 0.25) is 5.91 Å². The van der Waals surface area contributed by atoms with E-state index in [1.165, 1.54) is 0 Å². The monoisotopic (exact) mass is 536 g/mol. The number of carbonyl (C=O) groups is 3. The number of imide groups is 1. The topological polar surface area (TPSA) is 84.9 Å². The maximum Gasteiger partial charge on any atom is 0.294 e. The lowest BCUT2D eigenvalue weighted by molar-refractivity contribution is -0.127. The highest BCUT2D eigenvalue weighted by Crippen LogP contribution is 2.39. The van der Waals surface area contributed by atoms with Gasteiger partial charge in [0, 0.05) is 5.69 Å². The van der Waals surface area contributed by atoms with Crippen LogP contribution in [0.1, 0.15) is 23.6 Å². The Morgan fingerprint density at radius 1 is 1.05 bits per heavy atom. The standard InChI is InChI=1S/C28H25ClN2O5S/c1-3-35-23-14-20(13-22(29)26(23)36-17-19-7-5-4-6-8-19)15-24-27(33)31(28(34)37-24)16-25(32)30-21-11-9-18(2)10-12-21/h4-15H,3,16-17H2,1-2H3,(H,30,32)/b24-15-. The molecule has 1 aliphatic heterocycles. The van der Waals surface area contributed by atoms with Crippen LogP contribution in [0, 0.1) is 6.92 Å². The molecule has 1 saturated heterocycles. The summed E-state index contributed by atoms with van der Waals surface area (Å²) in [5.41, 5.74) is 3.18. The Morgan fingerprint density at radius 2 is 1.78 bits per heavy atom. The Balaban J connectivity index is 1.48. The van der Waals surface area contributed by atoms with Crippen LogP contribution in [0.3, 0.4) is 0 Å². The van der Waals surface area contributed by atoms with Crippen molar-refractivity contribution >= 4 is 52.2 Å². The zero-order valence-electron chi connectivity index (χ0n) is 20.3. The van der Waals surface area contributed by atoms with E-state index in [-0.39, 0.29) is 11.4 Å². The van der Waals surface area contributed by atoms with Crippen molar-refractivity contribution in [3.8, 4) is 11.5 Å². The Kier molecular flexibility index (Phi) is 8.53. The van der Waals surface area contributed by atoms with Crippen LogP contribution in [0.25, 0.3) is 6.08 Å². The summed E-state index contributed by atoms with van der Waals surface area (Å²) in [5.74, 6) is -0.194. The molecule has 0 aromatic heterocycles. The number of nitrogens with one attached hydrogen (secondary N) is 1. The van der Waals surface area contributed by atoms with Gasteiger partial charge in [0.25, 0.3) is 11.1 Å². The van der Waals surface area contributed by atoms with Crippen LogP contribution >= 0.6 is 23.4 Å². The third kappa shape index (κ3) is 6.72. The summed E-state index contributed by atoms with van der Waals surface area (Å²) in [6, 6.07) is 20.2. The first-order chi connectivity index (χ1) is 17.8. The summed E-state index contributed by atoms with van der Waals surface area (Å²) in [7, 11) is 0. The molecule has 0 atom stereocenters. The van der Waals surface area contributed by atoms with Gasteiger partial charge in [0.1, 0.15) is 13.2 Å². The van der Waals surface area contributed by atoms with E-state index >= 15 is 0 Å². The summed E-state index contributed by atoms with van der Waals surface area (Å²) < 4.78 is 11.7. The predicted molar refractivity (Wildman–Crippen MR) is 146 cm³/mol. The number of thioether (sulfide) groups is 1. The van der Waals surface area contributed by atoms with Gasteiger partial charge in [-0.1, -0.05) is 59.6 Å². The maximum absolute atomic E-state index is 12.9. The van der Waals surface area contributed by atoms with Gasteiger partial charge >= 0.3 is 0 Å². The zero-order chi connectivity index (χ0) is 26.4. The molecular formula is C28H25ClN2O5S. The van der Waals surface area contributed by atoms with Crippen molar-refractivity contribution in [1.29, 1.82) is 0 Å². The van der Waals surface area contributed by atoms with Crippen molar-refractivity contribution in [3.63, 3.8) is 0 Å². The molecule has 3 amide bonds. The van der Waals surface area contributed by atoms with Gasteiger partial charge in [-0.05, 0) is 67.1 Å². The minimum absolute atomic E-state index is 0.185. The Bertz CT molecular complexity index is 1340. The van der Waals surface area contributed by atoms with Crippen LogP contribution in [-0.4, -0.2) is 35.1 Å². The minimum Gasteiger partial charge on any atom is -0.490 e. The third-order valence-corrected chi connectivity index (χ3v) is 6.55. The first-order valence-corrected chi connectivity index (χ1v) is 12.8. The van der Waals surface area contributed by atoms with Gasteiger partial charge < -0.3 is 14.8 Å². The van der Waals surface area contributed by atoms with E-state index in [1.54, 1.807) is 30.3 Å². The van der Waals surface area contributed by atoms with Crippen molar-refractivity contribution in [1.82, 2.24) is 4.90 Å². The molecule has 7 nitrogen and oxygen atoms in total. The first-order valence-electron chi connectivity index (χ1n) is 11.6. The van der Waals surface area contributed by atoms with Crippen LogP contribution < -0.4 is 14.8 Å². The van der Waals surface area contributed by atoms with E-state index in [0.717, 1.165) is 27.8 Å². The van der Waals surface area contributed by atoms with Crippen molar-refractivity contribution in [2.75, 3.05) is 18.5 Å². The number of anilines is 1. The Labute approximate surface area is 224 Å². The Morgan fingerprint density at radius 3 is 2.49 bits per heavy atom. The summed E-state index contributed by atoms with van der Waals surface area (Å²) in [6.07, 6.45) is 1.55. The van der Waals surface area contributed by atoms with E-state index in [0.29, 0.717) is 41.0 Å². The molecule has 1 N–H and O–H groups in total. The molecular weight excluding hydrogens is 512 g/mol.